The van der Waals surface area contributed by atoms with Gasteiger partial charge < -0.3 is 5.11 Å². The van der Waals surface area contributed by atoms with Gasteiger partial charge in [-0.3, -0.25) is 14.7 Å². The van der Waals surface area contributed by atoms with Crippen molar-refractivity contribution in [2.75, 3.05) is 32.7 Å². The average Bonchev–Trinajstić information content (AvgIpc) is 3.21. The van der Waals surface area contributed by atoms with Crippen LogP contribution in [0.25, 0.3) is 0 Å². The highest BCUT2D eigenvalue weighted by Crippen LogP contribution is 2.41. The van der Waals surface area contributed by atoms with Gasteiger partial charge in [-0.1, -0.05) is 43.2 Å². The Hall–Kier alpha value is -0.940. The summed E-state index contributed by atoms with van der Waals surface area (Å²) in [4.78, 5) is 8.08. The van der Waals surface area contributed by atoms with Gasteiger partial charge in [0.05, 0.1) is 11.6 Å². The van der Waals surface area contributed by atoms with E-state index in [0.29, 0.717) is 6.04 Å². The van der Waals surface area contributed by atoms with Crippen molar-refractivity contribution in [3.05, 3.63) is 35.9 Å². The summed E-state index contributed by atoms with van der Waals surface area (Å²) in [6, 6.07) is 12.3. The zero-order chi connectivity index (χ0) is 16.9. The molecule has 1 saturated carbocycles. The lowest BCUT2D eigenvalue weighted by atomic mass is 9.82. The first-order valence-electron chi connectivity index (χ1n) is 10.2. The van der Waals surface area contributed by atoms with Crippen molar-refractivity contribution in [3.8, 4) is 0 Å². The number of nitrogens with zero attached hydrogens (tertiary/aromatic N) is 3. The average molecular weight is 341 g/mol. The van der Waals surface area contributed by atoms with Crippen LogP contribution in [0.5, 0.6) is 0 Å². The first-order chi connectivity index (χ1) is 12.2. The van der Waals surface area contributed by atoms with Crippen LogP contribution in [0.1, 0.15) is 37.7 Å². The fourth-order valence-electron chi connectivity index (χ4n) is 6.00. The maximum absolute atomic E-state index is 10.3. The molecule has 1 spiro atoms. The number of rotatable bonds is 3. The SMILES string of the molecule is O[C@@H]1C[C@H]2CN(Cc3ccccc3)CC3(CN(C4CCCC4)C3)N2C1. The van der Waals surface area contributed by atoms with E-state index in [-0.39, 0.29) is 11.6 Å². The second-order valence-corrected chi connectivity index (χ2v) is 8.92. The van der Waals surface area contributed by atoms with Crippen molar-refractivity contribution in [1.82, 2.24) is 14.7 Å². The normalized spacial score (nSPS) is 33.6. The van der Waals surface area contributed by atoms with Crippen LogP contribution in [0.3, 0.4) is 0 Å². The van der Waals surface area contributed by atoms with Gasteiger partial charge in [0.15, 0.2) is 0 Å². The van der Waals surface area contributed by atoms with Crippen molar-refractivity contribution in [3.63, 3.8) is 0 Å². The van der Waals surface area contributed by atoms with Gasteiger partial charge >= 0.3 is 0 Å². The highest BCUT2D eigenvalue weighted by molar-refractivity contribution is 5.18. The van der Waals surface area contributed by atoms with E-state index < -0.39 is 0 Å². The molecule has 25 heavy (non-hydrogen) atoms. The lowest BCUT2D eigenvalue weighted by Crippen LogP contribution is -2.78. The summed E-state index contributed by atoms with van der Waals surface area (Å²) in [6.07, 6.45) is 6.46. The molecule has 2 atom stereocenters. The highest BCUT2D eigenvalue weighted by atomic mass is 16.3. The van der Waals surface area contributed by atoms with E-state index in [4.69, 9.17) is 0 Å². The second kappa shape index (κ2) is 6.34. The molecule has 1 aromatic carbocycles. The number of β-amino-alcohol motifs (C(OH)–C–C–N with tert-alkyl or cyclic N) is 1. The van der Waals surface area contributed by atoms with Crippen LogP contribution in [0, 0.1) is 0 Å². The third kappa shape index (κ3) is 2.93. The Bertz CT molecular complexity index is 594. The fraction of sp³-hybridized carbons (Fsp3) is 0.714. The molecule has 0 bridgehead atoms. The Balaban J connectivity index is 1.32. The molecule has 0 unspecified atom stereocenters. The molecule has 5 rings (SSSR count). The van der Waals surface area contributed by atoms with Gasteiger partial charge in [-0.05, 0) is 24.8 Å². The maximum Gasteiger partial charge on any atom is 0.0682 e. The molecule has 0 aromatic heterocycles. The summed E-state index contributed by atoms with van der Waals surface area (Å²) in [5.41, 5.74) is 1.70. The summed E-state index contributed by atoms with van der Waals surface area (Å²) in [6.45, 7) is 6.64. The minimum absolute atomic E-state index is 0.126. The van der Waals surface area contributed by atoms with E-state index >= 15 is 0 Å². The number of benzene rings is 1. The van der Waals surface area contributed by atoms with Gasteiger partial charge in [-0.2, -0.15) is 0 Å². The number of likely N-dealkylation sites (tertiary alicyclic amines) is 1. The molecule has 3 saturated heterocycles. The molecule has 4 nitrogen and oxygen atoms in total. The summed E-state index contributed by atoms with van der Waals surface area (Å²) >= 11 is 0. The molecule has 0 radical (unpaired) electrons. The molecular formula is C21H31N3O. The molecule has 3 aliphatic heterocycles. The Labute approximate surface area is 151 Å². The van der Waals surface area contributed by atoms with E-state index in [2.05, 4.69) is 45.0 Å². The molecule has 1 aromatic rings. The topological polar surface area (TPSA) is 30.0 Å². The monoisotopic (exact) mass is 341 g/mol. The van der Waals surface area contributed by atoms with Crippen molar-refractivity contribution >= 4 is 0 Å². The number of hydrogen-bond donors (Lipinski definition) is 1. The molecule has 1 aliphatic carbocycles. The van der Waals surface area contributed by atoms with E-state index in [1.165, 1.54) is 44.3 Å². The Morgan fingerprint density at radius 3 is 2.48 bits per heavy atom. The first-order valence-corrected chi connectivity index (χ1v) is 10.2. The molecule has 4 fully saturated rings. The minimum atomic E-state index is -0.126. The summed E-state index contributed by atoms with van der Waals surface area (Å²) in [7, 11) is 0. The third-order valence-electron chi connectivity index (χ3n) is 7.07. The van der Waals surface area contributed by atoms with Crippen LogP contribution in [0.15, 0.2) is 30.3 Å². The quantitative estimate of drug-likeness (QED) is 0.910. The van der Waals surface area contributed by atoms with E-state index in [1.807, 2.05) is 0 Å². The molecule has 0 amide bonds. The zero-order valence-electron chi connectivity index (χ0n) is 15.2. The van der Waals surface area contributed by atoms with Gasteiger partial charge in [0, 0.05) is 51.4 Å². The van der Waals surface area contributed by atoms with Crippen LogP contribution in [0.4, 0.5) is 0 Å². The van der Waals surface area contributed by atoms with E-state index in [0.717, 1.165) is 38.6 Å². The van der Waals surface area contributed by atoms with Crippen molar-refractivity contribution in [1.29, 1.82) is 0 Å². The molecule has 136 valence electrons. The van der Waals surface area contributed by atoms with Crippen LogP contribution >= 0.6 is 0 Å². The lowest BCUT2D eigenvalue weighted by molar-refractivity contribution is -0.127. The predicted molar refractivity (Wildman–Crippen MR) is 99.4 cm³/mol. The largest absolute Gasteiger partial charge is 0.392 e. The second-order valence-electron chi connectivity index (χ2n) is 8.92. The van der Waals surface area contributed by atoms with Crippen LogP contribution in [-0.2, 0) is 6.54 Å². The fourth-order valence-corrected chi connectivity index (χ4v) is 6.00. The Morgan fingerprint density at radius 2 is 1.72 bits per heavy atom. The summed E-state index contributed by atoms with van der Waals surface area (Å²) in [5.74, 6) is 0. The minimum Gasteiger partial charge on any atom is -0.392 e. The maximum atomic E-state index is 10.3. The van der Waals surface area contributed by atoms with Gasteiger partial charge in [0.1, 0.15) is 0 Å². The van der Waals surface area contributed by atoms with Crippen molar-refractivity contribution in [2.24, 2.45) is 0 Å². The van der Waals surface area contributed by atoms with Crippen LogP contribution in [-0.4, -0.2) is 76.3 Å². The Morgan fingerprint density at radius 1 is 0.960 bits per heavy atom. The number of aliphatic hydroxyl groups excluding tert-OH is 1. The molecule has 4 heteroatoms. The lowest BCUT2D eigenvalue weighted by Gasteiger charge is -2.62. The van der Waals surface area contributed by atoms with Gasteiger partial charge in [0.2, 0.25) is 0 Å². The standard InChI is InChI=1S/C21H31N3O/c25-20-10-19-12-22(11-17-6-2-1-3-7-17)14-21(24(19)13-20)15-23(16-21)18-8-4-5-9-18/h1-3,6-7,18-20,25H,4-5,8-16H2/t19-,20+/m0/s1. The molecular weight excluding hydrogens is 310 g/mol. The van der Waals surface area contributed by atoms with Crippen molar-refractivity contribution in [2.45, 2.75) is 62.4 Å². The molecule has 4 aliphatic rings. The molecule has 3 heterocycles. The number of aliphatic hydroxyl groups is 1. The predicted octanol–water partition coefficient (Wildman–Crippen LogP) is 1.93. The van der Waals surface area contributed by atoms with Crippen LogP contribution in [0.2, 0.25) is 0 Å². The molecule has 1 N–H and O–H groups in total. The van der Waals surface area contributed by atoms with Gasteiger partial charge in [-0.25, -0.2) is 0 Å². The third-order valence-corrected chi connectivity index (χ3v) is 7.07. The first kappa shape index (κ1) is 16.2. The van der Waals surface area contributed by atoms with Gasteiger partial charge in [-0.15, -0.1) is 0 Å². The number of piperazine rings is 1. The Kier molecular flexibility index (Phi) is 4.12. The highest BCUT2D eigenvalue weighted by Gasteiger charge is 2.56. The van der Waals surface area contributed by atoms with Crippen molar-refractivity contribution < 1.29 is 5.11 Å². The summed E-state index contributed by atoms with van der Waals surface area (Å²) < 4.78 is 0. The smallest absolute Gasteiger partial charge is 0.0682 e. The van der Waals surface area contributed by atoms with E-state index in [9.17, 15) is 5.11 Å². The van der Waals surface area contributed by atoms with Gasteiger partial charge in [0.25, 0.3) is 0 Å². The summed E-state index contributed by atoms with van der Waals surface area (Å²) in [5, 5.41) is 10.3. The van der Waals surface area contributed by atoms with Crippen LogP contribution < -0.4 is 0 Å². The zero-order valence-corrected chi connectivity index (χ0v) is 15.2. The number of fused-ring (bicyclic) bond motifs is 2. The number of hydrogen-bond acceptors (Lipinski definition) is 4. The van der Waals surface area contributed by atoms with E-state index in [1.54, 1.807) is 0 Å².